The number of aryl methyl sites for hydroxylation is 2. The monoisotopic (exact) mass is 396 g/mol. The summed E-state index contributed by atoms with van der Waals surface area (Å²) in [6.07, 6.45) is 0. The first-order valence-electron chi connectivity index (χ1n) is 7.15. The summed E-state index contributed by atoms with van der Waals surface area (Å²) in [6, 6.07) is 6.42. The molecule has 26 heavy (non-hydrogen) atoms. The third kappa shape index (κ3) is 4.88. The van der Waals surface area contributed by atoms with Crippen molar-refractivity contribution >= 4 is 29.1 Å². The van der Waals surface area contributed by atoms with Gasteiger partial charge in [0.05, 0.1) is 22.5 Å². The Bertz CT molecular complexity index is 986. The van der Waals surface area contributed by atoms with Crippen LogP contribution in [0, 0.1) is 13.8 Å². The number of carbonyl (C=O) groups is 1. The van der Waals surface area contributed by atoms with Gasteiger partial charge in [-0.1, -0.05) is 23.2 Å². The van der Waals surface area contributed by atoms with Crippen molar-refractivity contribution in [3.63, 3.8) is 0 Å². The molecule has 0 aliphatic carbocycles. The standard InChI is InChI=1S/C8H6ClN3O2.C7H8ClN3O/c1-4-5(2-3-6(9)10-4)7-11-12-8(13)14-7;1-4-5(7(12)11-9)2-3-6(8)10-4/h2-3H,1H3,(H,12,13);2-3H,9H2,1H3,(H,11,12). The maximum atomic E-state index is 11.0. The smallest absolute Gasteiger partial charge is 0.388 e. The van der Waals surface area contributed by atoms with Gasteiger partial charge in [-0.2, -0.15) is 0 Å². The van der Waals surface area contributed by atoms with E-state index in [1.165, 1.54) is 0 Å². The highest BCUT2D eigenvalue weighted by Gasteiger charge is 2.09. The Labute approximate surface area is 157 Å². The molecule has 4 N–H and O–H groups in total. The van der Waals surface area contributed by atoms with Crippen LogP contribution in [0.4, 0.5) is 0 Å². The van der Waals surface area contributed by atoms with Crippen molar-refractivity contribution in [2.24, 2.45) is 5.84 Å². The first kappa shape index (κ1) is 19.6. The number of pyridine rings is 2. The van der Waals surface area contributed by atoms with Crippen LogP contribution in [0.1, 0.15) is 21.7 Å². The van der Waals surface area contributed by atoms with E-state index in [0.29, 0.717) is 32.8 Å². The number of nitrogens with one attached hydrogen (secondary N) is 2. The second-order valence-corrected chi connectivity index (χ2v) is 5.70. The molecule has 0 saturated carbocycles. The van der Waals surface area contributed by atoms with Gasteiger partial charge in [0.15, 0.2) is 0 Å². The molecule has 0 bridgehead atoms. The van der Waals surface area contributed by atoms with Gasteiger partial charge >= 0.3 is 5.76 Å². The zero-order valence-corrected chi connectivity index (χ0v) is 15.2. The molecular formula is C15H14Cl2N6O3. The summed E-state index contributed by atoms with van der Waals surface area (Å²) in [5, 5.41) is 6.62. The van der Waals surface area contributed by atoms with Gasteiger partial charge in [-0.3, -0.25) is 10.2 Å². The minimum absolute atomic E-state index is 0.219. The van der Waals surface area contributed by atoms with Crippen LogP contribution in [0.3, 0.4) is 0 Å². The van der Waals surface area contributed by atoms with Crippen LogP contribution < -0.4 is 17.0 Å². The highest BCUT2D eigenvalue weighted by atomic mass is 35.5. The van der Waals surface area contributed by atoms with Crippen molar-refractivity contribution in [3.8, 4) is 11.5 Å². The van der Waals surface area contributed by atoms with E-state index in [9.17, 15) is 9.59 Å². The van der Waals surface area contributed by atoms with Crippen LogP contribution in [-0.2, 0) is 0 Å². The fourth-order valence-corrected chi connectivity index (χ4v) is 2.33. The number of nitrogens with zero attached hydrogens (tertiary/aromatic N) is 3. The zero-order valence-electron chi connectivity index (χ0n) is 13.7. The summed E-state index contributed by atoms with van der Waals surface area (Å²) in [4.78, 5) is 29.6. The third-order valence-corrected chi connectivity index (χ3v) is 3.57. The van der Waals surface area contributed by atoms with Crippen LogP contribution >= 0.6 is 23.2 Å². The van der Waals surface area contributed by atoms with Crippen LogP contribution in [0.25, 0.3) is 11.5 Å². The number of nitrogens with two attached hydrogens (primary N) is 1. The van der Waals surface area contributed by atoms with Crippen molar-refractivity contribution in [1.29, 1.82) is 0 Å². The van der Waals surface area contributed by atoms with Crippen molar-refractivity contribution in [2.45, 2.75) is 13.8 Å². The summed E-state index contributed by atoms with van der Waals surface area (Å²) in [7, 11) is 0. The lowest BCUT2D eigenvalue weighted by molar-refractivity contribution is 0.0952. The highest BCUT2D eigenvalue weighted by Crippen LogP contribution is 2.20. The predicted octanol–water partition coefficient (Wildman–Crippen LogP) is 2.03. The van der Waals surface area contributed by atoms with E-state index in [2.05, 4.69) is 20.2 Å². The Hall–Kier alpha value is -2.75. The molecule has 9 nitrogen and oxygen atoms in total. The molecule has 0 aromatic carbocycles. The average molecular weight is 397 g/mol. The lowest BCUT2D eigenvalue weighted by Crippen LogP contribution is -2.30. The molecule has 3 rings (SSSR count). The number of carbonyl (C=O) groups excluding carboxylic acids is 1. The Balaban J connectivity index is 0.000000190. The third-order valence-electron chi connectivity index (χ3n) is 3.15. The number of halogens is 2. The van der Waals surface area contributed by atoms with Crippen LogP contribution in [-0.4, -0.2) is 26.1 Å². The lowest BCUT2D eigenvalue weighted by Gasteiger charge is -2.02. The van der Waals surface area contributed by atoms with Gasteiger partial charge in [0.2, 0.25) is 0 Å². The Morgan fingerprint density at radius 1 is 1.12 bits per heavy atom. The number of H-pyrrole nitrogens is 1. The topological polar surface area (TPSA) is 140 Å². The zero-order chi connectivity index (χ0) is 19.3. The fourth-order valence-electron chi connectivity index (χ4n) is 1.95. The molecule has 0 spiro atoms. The van der Waals surface area contributed by atoms with E-state index in [1.807, 2.05) is 5.43 Å². The Morgan fingerprint density at radius 2 is 1.73 bits per heavy atom. The van der Waals surface area contributed by atoms with E-state index in [4.69, 9.17) is 33.5 Å². The van der Waals surface area contributed by atoms with Crippen LogP contribution in [0.2, 0.25) is 10.3 Å². The molecule has 0 unspecified atom stereocenters. The molecule has 3 heterocycles. The van der Waals surface area contributed by atoms with Gasteiger partial charge in [0.25, 0.3) is 11.8 Å². The summed E-state index contributed by atoms with van der Waals surface area (Å²) < 4.78 is 4.78. The molecule has 11 heteroatoms. The van der Waals surface area contributed by atoms with Crippen LogP contribution in [0.15, 0.2) is 33.5 Å². The van der Waals surface area contributed by atoms with Gasteiger partial charge in [-0.15, -0.1) is 5.10 Å². The molecule has 1 amide bonds. The summed E-state index contributed by atoms with van der Waals surface area (Å²) in [6.45, 7) is 3.45. The SMILES string of the molecule is Cc1nc(Cl)ccc1-c1n[nH]c(=O)o1.Cc1nc(Cl)ccc1C(=O)NN. The number of amides is 1. The highest BCUT2D eigenvalue weighted by molar-refractivity contribution is 6.29. The first-order chi connectivity index (χ1) is 12.3. The molecule has 0 aliphatic heterocycles. The minimum atomic E-state index is -0.589. The minimum Gasteiger partial charge on any atom is -0.388 e. The van der Waals surface area contributed by atoms with E-state index in [0.717, 1.165) is 0 Å². The van der Waals surface area contributed by atoms with Gasteiger partial charge in [0.1, 0.15) is 10.3 Å². The molecule has 0 radical (unpaired) electrons. The summed E-state index contributed by atoms with van der Waals surface area (Å²) in [5.74, 6) is 4.22. The number of rotatable bonds is 2. The molecule has 0 fully saturated rings. The summed E-state index contributed by atoms with van der Waals surface area (Å²) in [5.41, 5.74) is 4.32. The quantitative estimate of drug-likeness (QED) is 0.260. The fraction of sp³-hybridized carbons (Fsp3) is 0.133. The molecule has 0 atom stereocenters. The van der Waals surface area contributed by atoms with E-state index in [-0.39, 0.29) is 11.8 Å². The molecule has 136 valence electrons. The van der Waals surface area contributed by atoms with E-state index < -0.39 is 5.76 Å². The van der Waals surface area contributed by atoms with Crippen molar-refractivity contribution in [2.75, 3.05) is 0 Å². The lowest BCUT2D eigenvalue weighted by atomic mass is 10.2. The largest absolute Gasteiger partial charge is 0.434 e. The molecule has 0 aliphatic rings. The van der Waals surface area contributed by atoms with Gasteiger partial charge in [-0.05, 0) is 38.1 Å². The number of aromatic amines is 1. The maximum Gasteiger partial charge on any atom is 0.434 e. The van der Waals surface area contributed by atoms with Gasteiger partial charge < -0.3 is 4.42 Å². The van der Waals surface area contributed by atoms with Gasteiger partial charge in [0, 0.05) is 0 Å². The molecule has 0 saturated heterocycles. The van der Waals surface area contributed by atoms with Gasteiger partial charge in [-0.25, -0.2) is 25.7 Å². The molecule has 3 aromatic heterocycles. The second kappa shape index (κ2) is 8.56. The number of hydrogen-bond acceptors (Lipinski definition) is 7. The van der Waals surface area contributed by atoms with Crippen molar-refractivity contribution in [1.82, 2.24) is 25.6 Å². The van der Waals surface area contributed by atoms with Crippen molar-refractivity contribution in [3.05, 3.63) is 62.1 Å². The Kier molecular flexibility index (Phi) is 6.45. The van der Waals surface area contributed by atoms with E-state index >= 15 is 0 Å². The first-order valence-corrected chi connectivity index (χ1v) is 7.90. The second-order valence-electron chi connectivity index (χ2n) is 4.93. The van der Waals surface area contributed by atoms with E-state index in [1.54, 1.807) is 38.1 Å². The summed E-state index contributed by atoms with van der Waals surface area (Å²) >= 11 is 11.3. The molecule has 3 aromatic rings. The van der Waals surface area contributed by atoms with Crippen molar-refractivity contribution < 1.29 is 9.21 Å². The Morgan fingerprint density at radius 3 is 2.23 bits per heavy atom. The number of hydrogen-bond donors (Lipinski definition) is 3. The normalized spacial score (nSPS) is 10.0. The van der Waals surface area contributed by atoms with Crippen LogP contribution in [0.5, 0.6) is 0 Å². The maximum absolute atomic E-state index is 11.0. The average Bonchev–Trinajstić information content (AvgIpc) is 3.01. The number of nitrogen functional groups attached to an aromatic ring is 1. The predicted molar refractivity (Wildman–Crippen MR) is 95.7 cm³/mol. The molecular weight excluding hydrogens is 383 g/mol. The number of aromatic nitrogens is 4. The number of hydrazine groups is 1.